The summed E-state index contributed by atoms with van der Waals surface area (Å²) in [6.45, 7) is 2.03. The first kappa shape index (κ1) is 14.7. The predicted molar refractivity (Wildman–Crippen MR) is 83.1 cm³/mol. The summed E-state index contributed by atoms with van der Waals surface area (Å²) in [7, 11) is 0. The first-order valence-electron chi connectivity index (χ1n) is 7.45. The smallest absolute Gasteiger partial charge is 0.251 e. The van der Waals surface area contributed by atoms with Crippen molar-refractivity contribution >= 4 is 5.91 Å². The Morgan fingerprint density at radius 2 is 1.86 bits per heavy atom. The van der Waals surface area contributed by atoms with Crippen LogP contribution in [0.2, 0.25) is 0 Å². The van der Waals surface area contributed by atoms with Gasteiger partial charge in [-0.2, -0.15) is 0 Å². The SMILES string of the molecule is O=C(NC[C@@H]1CCOC1)c1ccccc1-c1ccccc1F. The molecule has 0 spiro atoms. The number of amides is 1. The summed E-state index contributed by atoms with van der Waals surface area (Å²) in [4.78, 5) is 12.4. The second-order valence-electron chi connectivity index (χ2n) is 5.47. The molecule has 2 aromatic carbocycles. The van der Waals surface area contributed by atoms with Crippen LogP contribution in [0.3, 0.4) is 0 Å². The number of ether oxygens (including phenoxy) is 1. The summed E-state index contributed by atoms with van der Waals surface area (Å²) in [5.41, 5.74) is 1.55. The number of carbonyl (C=O) groups excluding carboxylic acids is 1. The first-order chi connectivity index (χ1) is 10.8. The van der Waals surface area contributed by atoms with Crippen LogP contribution in [-0.2, 0) is 4.74 Å². The molecule has 3 rings (SSSR count). The van der Waals surface area contributed by atoms with Gasteiger partial charge in [0.2, 0.25) is 0 Å². The minimum absolute atomic E-state index is 0.175. The van der Waals surface area contributed by atoms with E-state index in [0.29, 0.717) is 35.8 Å². The fourth-order valence-corrected chi connectivity index (χ4v) is 2.67. The zero-order chi connectivity index (χ0) is 15.4. The number of benzene rings is 2. The molecule has 2 aromatic rings. The van der Waals surface area contributed by atoms with Crippen molar-refractivity contribution < 1.29 is 13.9 Å². The number of hydrogen-bond donors (Lipinski definition) is 1. The van der Waals surface area contributed by atoms with Crippen LogP contribution in [0.25, 0.3) is 11.1 Å². The van der Waals surface area contributed by atoms with E-state index in [2.05, 4.69) is 5.32 Å². The number of nitrogens with one attached hydrogen (secondary N) is 1. The fraction of sp³-hybridized carbons (Fsp3) is 0.278. The molecule has 22 heavy (non-hydrogen) atoms. The van der Waals surface area contributed by atoms with E-state index < -0.39 is 0 Å². The summed E-state index contributed by atoms with van der Waals surface area (Å²) in [5, 5.41) is 2.93. The lowest BCUT2D eigenvalue weighted by Gasteiger charge is -2.13. The lowest BCUT2D eigenvalue weighted by Crippen LogP contribution is -2.29. The third-order valence-electron chi connectivity index (χ3n) is 3.91. The monoisotopic (exact) mass is 299 g/mol. The van der Waals surface area contributed by atoms with Gasteiger partial charge in [0.15, 0.2) is 0 Å². The van der Waals surface area contributed by atoms with Gasteiger partial charge in [0.1, 0.15) is 5.82 Å². The summed E-state index contributed by atoms with van der Waals surface area (Å²) in [6, 6.07) is 13.6. The molecule has 1 aliphatic rings. The van der Waals surface area contributed by atoms with Crippen LogP contribution in [-0.4, -0.2) is 25.7 Å². The van der Waals surface area contributed by atoms with Gasteiger partial charge in [-0.3, -0.25) is 4.79 Å². The first-order valence-corrected chi connectivity index (χ1v) is 7.45. The Hall–Kier alpha value is -2.20. The van der Waals surface area contributed by atoms with Crippen LogP contribution < -0.4 is 5.32 Å². The van der Waals surface area contributed by atoms with E-state index in [9.17, 15) is 9.18 Å². The van der Waals surface area contributed by atoms with Crippen LogP contribution in [0.4, 0.5) is 4.39 Å². The average molecular weight is 299 g/mol. The van der Waals surface area contributed by atoms with Gasteiger partial charge in [0.25, 0.3) is 5.91 Å². The maximum Gasteiger partial charge on any atom is 0.251 e. The summed E-state index contributed by atoms with van der Waals surface area (Å²) in [5.74, 6) is -0.137. The molecule has 1 amide bonds. The lowest BCUT2D eigenvalue weighted by atomic mass is 9.98. The summed E-state index contributed by atoms with van der Waals surface area (Å²) in [6.07, 6.45) is 0.968. The molecule has 0 bridgehead atoms. The lowest BCUT2D eigenvalue weighted by molar-refractivity contribution is 0.0945. The number of halogens is 1. The van der Waals surface area contributed by atoms with E-state index in [1.165, 1.54) is 6.07 Å². The molecule has 0 unspecified atom stereocenters. The van der Waals surface area contributed by atoms with E-state index in [1.54, 1.807) is 36.4 Å². The molecule has 1 aliphatic heterocycles. The zero-order valence-electron chi connectivity index (χ0n) is 12.2. The molecule has 114 valence electrons. The van der Waals surface area contributed by atoms with Gasteiger partial charge in [0, 0.05) is 30.2 Å². The molecule has 1 saturated heterocycles. The highest BCUT2D eigenvalue weighted by Crippen LogP contribution is 2.26. The highest BCUT2D eigenvalue weighted by molar-refractivity contribution is 6.00. The maximum atomic E-state index is 14.0. The van der Waals surface area contributed by atoms with Crippen LogP contribution in [0.1, 0.15) is 16.8 Å². The van der Waals surface area contributed by atoms with Crippen molar-refractivity contribution in [1.29, 1.82) is 0 Å². The standard InChI is InChI=1S/C18H18FNO2/c19-17-8-4-3-6-15(17)14-5-1-2-7-16(14)18(21)20-11-13-9-10-22-12-13/h1-8,13H,9-12H2,(H,20,21)/t13-/m0/s1. The molecule has 0 saturated carbocycles. The van der Waals surface area contributed by atoms with Gasteiger partial charge < -0.3 is 10.1 Å². The highest BCUT2D eigenvalue weighted by atomic mass is 19.1. The Labute approximate surface area is 129 Å². The molecule has 0 radical (unpaired) electrons. The second kappa shape index (κ2) is 6.71. The quantitative estimate of drug-likeness (QED) is 0.941. The predicted octanol–water partition coefficient (Wildman–Crippen LogP) is 3.26. The minimum atomic E-state index is -0.327. The highest BCUT2D eigenvalue weighted by Gasteiger charge is 2.19. The zero-order valence-corrected chi connectivity index (χ0v) is 12.2. The van der Waals surface area contributed by atoms with Crippen LogP contribution in [0.5, 0.6) is 0 Å². The number of rotatable bonds is 4. The minimum Gasteiger partial charge on any atom is -0.381 e. The maximum absolute atomic E-state index is 14.0. The van der Waals surface area contributed by atoms with Crippen LogP contribution in [0.15, 0.2) is 48.5 Å². The van der Waals surface area contributed by atoms with Gasteiger partial charge in [0.05, 0.1) is 6.61 Å². The van der Waals surface area contributed by atoms with Crippen molar-refractivity contribution in [3.8, 4) is 11.1 Å². The van der Waals surface area contributed by atoms with E-state index in [0.717, 1.165) is 13.0 Å². The molecule has 1 heterocycles. The molecular weight excluding hydrogens is 281 g/mol. The topological polar surface area (TPSA) is 38.3 Å². The van der Waals surface area contributed by atoms with E-state index in [4.69, 9.17) is 4.74 Å². The Balaban J connectivity index is 1.81. The largest absolute Gasteiger partial charge is 0.381 e. The Bertz CT molecular complexity index is 666. The average Bonchev–Trinajstić information content (AvgIpc) is 3.06. The summed E-state index contributed by atoms with van der Waals surface area (Å²) < 4.78 is 19.3. The van der Waals surface area contributed by atoms with Gasteiger partial charge in [-0.1, -0.05) is 36.4 Å². The van der Waals surface area contributed by atoms with E-state index in [-0.39, 0.29) is 11.7 Å². The Morgan fingerprint density at radius 3 is 2.59 bits per heavy atom. The van der Waals surface area contributed by atoms with Gasteiger partial charge in [-0.25, -0.2) is 4.39 Å². The normalized spacial score (nSPS) is 17.4. The van der Waals surface area contributed by atoms with E-state index >= 15 is 0 Å². The molecule has 1 atom stereocenters. The molecule has 0 aliphatic carbocycles. The Kier molecular flexibility index (Phi) is 4.49. The number of carbonyl (C=O) groups is 1. The number of hydrogen-bond acceptors (Lipinski definition) is 2. The van der Waals surface area contributed by atoms with E-state index in [1.807, 2.05) is 6.07 Å². The van der Waals surface area contributed by atoms with Gasteiger partial charge in [-0.15, -0.1) is 0 Å². The molecule has 0 aromatic heterocycles. The van der Waals surface area contributed by atoms with Crippen LogP contribution in [0, 0.1) is 11.7 Å². The molecular formula is C18H18FNO2. The van der Waals surface area contributed by atoms with Gasteiger partial charge in [-0.05, 0) is 24.1 Å². The van der Waals surface area contributed by atoms with Gasteiger partial charge >= 0.3 is 0 Å². The van der Waals surface area contributed by atoms with Crippen molar-refractivity contribution in [2.45, 2.75) is 6.42 Å². The summed E-state index contributed by atoms with van der Waals surface area (Å²) >= 11 is 0. The fourth-order valence-electron chi connectivity index (χ4n) is 2.67. The second-order valence-corrected chi connectivity index (χ2v) is 5.47. The van der Waals surface area contributed by atoms with Crippen molar-refractivity contribution in [2.24, 2.45) is 5.92 Å². The molecule has 3 nitrogen and oxygen atoms in total. The Morgan fingerprint density at radius 1 is 1.14 bits per heavy atom. The molecule has 1 fully saturated rings. The third kappa shape index (κ3) is 3.17. The van der Waals surface area contributed by atoms with Crippen molar-refractivity contribution in [3.05, 3.63) is 59.9 Å². The molecule has 1 N–H and O–H groups in total. The third-order valence-corrected chi connectivity index (χ3v) is 3.91. The van der Waals surface area contributed by atoms with Crippen LogP contribution >= 0.6 is 0 Å². The van der Waals surface area contributed by atoms with Crippen molar-refractivity contribution in [2.75, 3.05) is 19.8 Å². The van der Waals surface area contributed by atoms with Crippen molar-refractivity contribution in [3.63, 3.8) is 0 Å². The van der Waals surface area contributed by atoms with Crippen molar-refractivity contribution in [1.82, 2.24) is 5.32 Å². The molecule has 4 heteroatoms.